The topological polar surface area (TPSA) is 223 Å². The largest absolute Gasteiger partial charge is 0.510 e. The molecule has 1 aromatic rings. The molecule has 4 aliphatic rings. The summed E-state index contributed by atoms with van der Waals surface area (Å²) >= 11 is 0. The number of anilines is 1. The lowest BCUT2D eigenvalue weighted by Gasteiger charge is -2.53. The Kier molecular flexibility index (Phi) is 7.87. The minimum Gasteiger partial charge on any atom is -0.510 e. The van der Waals surface area contributed by atoms with E-state index in [-0.39, 0.29) is 17.2 Å². The molecule has 0 bridgehead atoms. The van der Waals surface area contributed by atoms with Gasteiger partial charge in [-0.15, -0.1) is 0 Å². The minimum absolute atomic E-state index is 0.0863. The zero-order chi connectivity index (χ0) is 32.6. The van der Waals surface area contributed by atoms with Crippen molar-refractivity contribution in [2.75, 3.05) is 32.6 Å². The maximum atomic E-state index is 14.0. The van der Waals surface area contributed by atoms with Crippen molar-refractivity contribution in [2.24, 2.45) is 23.5 Å². The number of carbonyl (C=O) groups is 4. The first-order chi connectivity index (χ1) is 20.6. The second kappa shape index (κ2) is 11.0. The second-order valence-corrected chi connectivity index (χ2v) is 12.4. The van der Waals surface area contributed by atoms with Crippen LogP contribution in [0.25, 0.3) is 0 Å². The molecule has 0 aromatic heterocycles. The summed E-state index contributed by atoms with van der Waals surface area (Å²) in [5.41, 5.74) is 0.770. The normalized spacial score (nSPS) is 32.8. The van der Waals surface area contributed by atoms with E-state index in [1.165, 1.54) is 31.1 Å². The molecule has 8 N–H and O–H groups in total. The number of likely N-dealkylation sites (N-methyl/N-ethyl adjacent to an activating group) is 1. The number of carbonyl (C=O) groups excluding carboxylic acids is 4. The Labute approximate surface area is 253 Å². The highest BCUT2D eigenvalue weighted by Gasteiger charge is 2.67. The van der Waals surface area contributed by atoms with Crippen LogP contribution < -0.4 is 11.1 Å². The molecule has 14 heteroatoms. The van der Waals surface area contributed by atoms with Crippen LogP contribution in [-0.4, -0.2) is 110 Å². The van der Waals surface area contributed by atoms with Crippen molar-refractivity contribution in [1.29, 1.82) is 0 Å². The van der Waals surface area contributed by atoms with Crippen molar-refractivity contribution < 1.29 is 49.5 Å². The van der Waals surface area contributed by atoms with Crippen LogP contribution in [0.15, 0.2) is 34.8 Å². The van der Waals surface area contributed by atoms with Crippen molar-refractivity contribution in [3.63, 3.8) is 0 Å². The van der Waals surface area contributed by atoms with Crippen LogP contribution in [0.5, 0.6) is 5.75 Å². The number of primary amides is 1. The Morgan fingerprint density at radius 2 is 1.86 bits per heavy atom. The summed E-state index contributed by atoms with van der Waals surface area (Å²) in [5, 5.41) is 61.5. The van der Waals surface area contributed by atoms with E-state index in [1.54, 1.807) is 12.0 Å². The van der Waals surface area contributed by atoms with E-state index in [4.69, 9.17) is 10.6 Å². The number of hydrogen-bond donors (Lipinski definition) is 7. The molecule has 1 fully saturated rings. The molecule has 44 heavy (non-hydrogen) atoms. The number of ketones is 2. The number of Topliss-reactive ketones (excluding diaryl/α,β-unsaturated/α-hetero) is 2. The van der Waals surface area contributed by atoms with Gasteiger partial charge in [0.1, 0.15) is 23.1 Å². The van der Waals surface area contributed by atoms with Gasteiger partial charge in [0.15, 0.2) is 17.1 Å². The number of amides is 2. The Balaban J connectivity index is 1.61. The van der Waals surface area contributed by atoms with Crippen LogP contribution in [0.4, 0.5) is 5.69 Å². The first-order valence-electron chi connectivity index (χ1n) is 14.5. The van der Waals surface area contributed by atoms with Crippen LogP contribution in [0.2, 0.25) is 0 Å². The monoisotopic (exact) mass is 614 g/mol. The standard InChI is InChI=1S/C30H38N4O10/c1-6-15(34-9-11(2)10-44-34)29(42)32-14-8-7-13-12(3)16-18(23(36)17(13)22(14)35)26(39)30(43)20(24(16)37)21(33(4)5)25(38)19(27(30)40)28(31)41/h7-8,11-12,15-16,20-21,24,35,37-39,43H,6,9-10H2,1-5H3,(H2,31,41)(H,32,42)/t11?,12?,15?,16?,20?,21-,24?,30-/m0/s1. The van der Waals surface area contributed by atoms with Gasteiger partial charge in [-0.2, -0.15) is 5.06 Å². The van der Waals surface area contributed by atoms with Gasteiger partial charge in [-0.1, -0.05) is 26.8 Å². The molecule has 14 nitrogen and oxygen atoms in total. The molecule has 1 heterocycles. The van der Waals surface area contributed by atoms with E-state index in [1.807, 2.05) is 13.8 Å². The number of aliphatic hydroxyl groups excluding tert-OH is 3. The molecule has 0 spiro atoms. The quantitative estimate of drug-likeness (QED) is 0.169. The maximum absolute atomic E-state index is 14.0. The van der Waals surface area contributed by atoms with E-state index in [2.05, 4.69) is 5.32 Å². The number of nitrogens with one attached hydrogen (secondary N) is 1. The van der Waals surface area contributed by atoms with Gasteiger partial charge < -0.3 is 36.6 Å². The molecule has 6 unspecified atom stereocenters. The summed E-state index contributed by atoms with van der Waals surface area (Å²) < 4.78 is 0. The lowest BCUT2D eigenvalue weighted by atomic mass is 9.55. The van der Waals surface area contributed by atoms with Crippen molar-refractivity contribution in [1.82, 2.24) is 9.96 Å². The Hall–Kier alpha value is -3.82. The zero-order valence-electron chi connectivity index (χ0n) is 25.1. The number of hydrogen-bond acceptors (Lipinski definition) is 12. The van der Waals surface area contributed by atoms with E-state index in [0.717, 1.165) is 0 Å². The molecule has 8 atom stereocenters. The molecule has 3 aliphatic carbocycles. The zero-order valence-corrected chi connectivity index (χ0v) is 25.1. The molecule has 1 aromatic carbocycles. The van der Waals surface area contributed by atoms with E-state index < -0.39 is 93.3 Å². The van der Waals surface area contributed by atoms with Crippen LogP contribution in [0, 0.1) is 17.8 Å². The van der Waals surface area contributed by atoms with Crippen LogP contribution >= 0.6 is 0 Å². The molecule has 2 amide bonds. The highest BCUT2D eigenvalue weighted by molar-refractivity contribution is 6.25. The Bertz CT molecular complexity index is 1520. The third kappa shape index (κ3) is 4.35. The van der Waals surface area contributed by atoms with E-state index in [0.29, 0.717) is 25.1 Å². The SMILES string of the molecule is CCC(C(=O)Nc1ccc2c(c1O)C(=O)C1=C(O)[C@]3(O)C(=O)C(C(N)=O)=C(O)[C@@H](N(C)C)C3C(O)C1C2C)N1CC(C)CO1. The maximum Gasteiger partial charge on any atom is 0.255 e. The van der Waals surface area contributed by atoms with Gasteiger partial charge in [0.2, 0.25) is 11.7 Å². The van der Waals surface area contributed by atoms with Crippen LogP contribution in [0.3, 0.4) is 0 Å². The first-order valence-corrected chi connectivity index (χ1v) is 14.5. The summed E-state index contributed by atoms with van der Waals surface area (Å²) in [4.78, 5) is 59.9. The van der Waals surface area contributed by atoms with Gasteiger partial charge in [-0.05, 0) is 44.0 Å². The lowest BCUT2D eigenvalue weighted by Crippen LogP contribution is -2.68. The molecular weight excluding hydrogens is 576 g/mol. The summed E-state index contributed by atoms with van der Waals surface area (Å²) in [6.07, 6.45) is -1.29. The van der Waals surface area contributed by atoms with Gasteiger partial charge in [0, 0.05) is 18.0 Å². The van der Waals surface area contributed by atoms with Gasteiger partial charge in [-0.3, -0.25) is 28.9 Å². The summed E-state index contributed by atoms with van der Waals surface area (Å²) in [7, 11) is 2.94. The van der Waals surface area contributed by atoms with Crippen molar-refractivity contribution in [3.8, 4) is 5.75 Å². The first kappa shape index (κ1) is 31.6. The van der Waals surface area contributed by atoms with Crippen molar-refractivity contribution >= 4 is 29.1 Å². The second-order valence-electron chi connectivity index (χ2n) is 12.4. The van der Waals surface area contributed by atoms with Gasteiger partial charge in [0.05, 0.1) is 35.9 Å². The highest BCUT2D eigenvalue weighted by atomic mass is 16.7. The highest BCUT2D eigenvalue weighted by Crippen LogP contribution is 2.56. The predicted octanol–water partition coefficient (Wildman–Crippen LogP) is 0.253. The summed E-state index contributed by atoms with van der Waals surface area (Å²) in [6.45, 7) is 6.43. The number of aliphatic hydroxyl groups is 4. The third-order valence-corrected chi connectivity index (χ3v) is 9.44. The number of rotatable bonds is 6. The van der Waals surface area contributed by atoms with Crippen LogP contribution in [0.1, 0.15) is 49.0 Å². The third-order valence-electron chi connectivity index (χ3n) is 9.44. The van der Waals surface area contributed by atoms with Gasteiger partial charge >= 0.3 is 0 Å². The van der Waals surface area contributed by atoms with E-state index in [9.17, 15) is 44.7 Å². The number of nitrogens with two attached hydrogens (primary N) is 1. The average molecular weight is 615 g/mol. The Morgan fingerprint density at radius 1 is 1.20 bits per heavy atom. The smallest absolute Gasteiger partial charge is 0.255 e. The molecule has 1 aliphatic heterocycles. The number of aromatic hydroxyl groups is 1. The van der Waals surface area contributed by atoms with Crippen molar-refractivity contribution in [3.05, 3.63) is 45.9 Å². The minimum atomic E-state index is -3.01. The molecule has 238 valence electrons. The molecule has 1 saturated heterocycles. The molecule has 5 rings (SSSR count). The fourth-order valence-corrected chi connectivity index (χ4v) is 7.31. The number of nitrogens with zero attached hydrogens (tertiary/aromatic N) is 2. The van der Waals surface area contributed by atoms with Gasteiger partial charge in [-0.25, -0.2) is 0 Å². The predicted molar refractivity (Wildman–Crippen MR) is 154 cm³/mol. The molecule has 0 radical (unpaired) electrons. The van der Waals surface area contributed by atoms with Gasteiger partial charge in [0.25, 0.3) is 5.91 Å². The number of fused-ring (bicyclic) bond motifs is 3. The Morgan fingerprint density at radius 3 is 2.41 bits per heavy atom. The van der Waals surface area contributed by atoms with Crippen molar-refractivity contribution in [2.45, 2.75) is 56.9 Å². The summed E-state index contributed by atoms with van der Waals surface area (Å²) in [5.74, 6) is -10.1. The van der Waals surface area contributed by atoms with Crippen LogP contribution in [-0.2, 0) is 19.2 Å². The molecule has 0 saturated carbocycles. The number of phenols is 1. The van der Waals surface area contributed by atoms with E-state index >= 15 is 0 Å². The average Bonchev–Trinajstić information content (AvgIpc) is 3.37. The number of benzene rings is 1. The fourth-order valence-electron chi connectivity index (χ4n) is 7.31. The fraction of sp³-hybridized carbons (Fsp3) is 0.533. The number of hydroxylamine groups is 2. The molecular formula is C30H38N4O10. The summed E-state index contributed by atoms with van der Waals surface area (Å²) in [6, 6.07) is 0.924. The number of phenolic OH excluding ortho intramolecular Hbond substituents is 1. The lowest BCUT2D eigenvalue weighted by molar-refractivity contribution is -0.162.